The van der Waals surface area contributed by atoms with Gasteiger partial charge in [-0.3, -0.25) is 14.5 Å². The Morgan fingerprint density at radius 2 is 2.06 bits per heavy atom. The van der Waals surface area contributed by atoms with Gasteiger partial charge in [0.1, 0.15) is 0 Å². The van der Waals surface area contributed by atoms with E-state index in [0.717, 1.165) is 0 Å². The molecule has 1 fully saturated rings. The number of nitrogens with zero attached hydrogens (tertiary/aromatic N) is 1. The molecule has 1 aromatic carbocycles. The van der Waals surface area contributed by atoms with Crippen LogP contribution in [0.1, 0.15) is 25.8 Å². The minimum Gasteiger partial charge on any atom is -0.398 e. The Hall–Kier alpha value is -1.55. The summed E-state index contributed by atoms with van der Waals surface area (Å²) in [6, 6.07) is 5.04. The van der Waals surface area contributed by atoms with Crippen molar-refractivity contribution in [3.8, 4) is 0 Å². The molecule has 0 bridgehead atoms. The zero-order valence-corrected chi connectivity index (χ0v) is 11.1. The van der Waals surface area contributed by atoms with Crippen LogP contribution in [-0.2, 0) is 16.1 Å². The van der Waals surface area contributed by atoms with Crippen LogP contribution in [0.5, 0.6) is 0 Å². The van der Waals surface area contributed by atoms with Crippen molar-refractivity contribution in [1.82, 2.24) is 4.90 Å². The molecule has 1 aromatic rings. The normalized spacial score (nSPS) is 18.5. The molecular weight excluding hydrogens is 252 g/mol. The molecule has 4 nitrogen and oxygen atoms in total. The van der Waals surface area contributed by atoms with Crippen LogP contribution in [0.15, 0.2) is 18.2 Å². The number of anilines is 1. The topological polar surface area (TPSA) is 63.4 Å². The van der Waals surface area contributed by atoms with Gasteiger partial charge in [-0.15, -0.1) is 0 Å². The number of rotatable bonds is 2. The van der Waals surface area contributed by atoms with Crippen molar-refractivity contribution in [2.75, 3.05) is 5.73 Å². The monoisotopic (exact) mass is 266 g/mol. The van der Waals surface area contributed by atoms with Gasteiger partial charge in [0.05, 0.1) is 12.0 Å². The van der Waals surface area contributed by atoms with Crippen LogP contribution in [0.2, 0.25) is 5.02 Å². The van der Waals surface area contributed by atoms with Gasteiger partial charge in [0.25, 0.3) is 0 Å². The molecule has 0 unspecified atom stereocenters. The maximum atomic E-state index is 12.1. The maximum Gasteiger partial charge on any atom is 0.235 e. The number of likely N-dealkylation sites (tertiary alicyclic amines) is 1. The molecule has 0 aromatic heterocycles. The second-order valence-electron chi connectivity index (χ2n) is 5.19. The van der Waals surface area contributed by atoms with Crippen molar-refractivity contribution in [2.45, 2.75) is 26.8 Å². The van der Waals surface area contributed by atoms with Gasteiger partial charge in [0.15, 0.2) is 0 Å². The first kappa shape index (κ1) is 12.9. The van der Waals surface area contributed by atoms with Gasteiger partial charge in [-0.1, -0.05) is 25.4 Å². The Morgan fingerprint density at radius 1 is 1.39 bits per heavy atom. The standard InChI is InChI=1S/C13H15ClN2O2/c1-13(2)6-11(17)16(12(13)18)7-8-5-9(14)3-4-10(8)15/h3-5H,6-7,15H2,1-2H3. The number of benzene rings is 1. The van der Waals surface area contributed by atoms with E-state index in [1.165, 1.54) is 4.90 Å². The highest BCUT2D eigenvalue weighted by Gasteiger charge is 2.44. The molecule has 18 heavy (non-hydrogen) atoms. The third-order valence-electron chi connectivity index (χ3n) is 3.15. The van der Waals surface area contributed by atoms with E-state index in [1.807, 2.05) is 0 Å². The van der Waals surface area contributed by atoms with Gasteiger partial charge in [0, 0.05) is 17.1 Å². The highest BCUT2D eigenvalue weighted by Crippen LogP contribution is 2.33. The molecule has 0 aliphatic carbocycles. The molecule has 2 amide bonds. The number of hydrogen-bond acceptors (Lipinski definition) is 3. The third-order valence-corrected chi connectivity index (χ3v) is 3.39. The summed E-state index contributed by atoms with van der Waals surface area (Å²) in [5.41, 5.74) is 6.43. The molecular formula is C13H15ClN2O2. The number of nitrogen functional groups attached to an aromatic ring is 1. The quantitative estimate of drug-likeness (QED) is 0.659. The fourth-order valence-corrected chi connectivity index (χ4v) is 2.26. The summed E-state index contributed by atoms with van der Waals surface area (Å²) in [5.74, 6) is -0.323. The van der Waals surface area contributed by atoms with E-state index in [4.69, 9.17) is 17.3 Å². The molecule has 0 saturated carbocycles. The fourth-order valence-electron chi connectivity index (χ4n) is 2.07. The first-order valence-electron chi connectivity index (χ1n) is 5.70. The molecule has 0 radical (unpaired) electrons. The number of amides is 2. The Balaban J connectivity index is 2.27. The maximum absolute atomic E-state index is 12.1. The van der Waals surface area contributed by atoms with Crippen molar-refractivity contribution >= 4 is 29.1 Å². The highest BCUT2D eigenvalue weighted by atomic mass is 35.5. The highest BCUT2D eigenvalue weighted by molar-refractivity contribution is 6.30. The molecule has 2 N–H and O–H groups in total. The van der Waals surface area contributed by atoms with Crippen molar-refractivity contribution in [3.05, 3.63) is 28.8 Å². The smallest absolute Gasteiger partial charge is 0.235 e. The van der Waals surface area contributed by atoms with Crippen LogP contribution in [0.4, 0.5) is 5.69 Å². The second-order valence-corrected chi connectivity index (χ2v) is 5.63. The summed E-state index contributed by atoms with van der Waals surface area (Å²) in [7, 11) is 0. The van der Waals surface area contributed by atoms with Gasteiger partial charge in [0.2, 0.25) is 11.8 Å². The predicted octanol–water partition coefficient (Wildman–Crippen LogP) is 2.21. The van der Waals surface area contributed by atoms with Crippen molar-refractivity contribution in [2.24, 2.45) is 5.41 Å². The molecule has 0 atom stereocenters. The summed E-state index contributed by atoms with van der Waals surface area (Å²) < 4.78 is 0. The predicted molar refractivity (Wildman–Crippen MR) is 69.8 cm³/mol. The Morgan fingerprint density at radius 3 is 2.61 bits per heavy atom. The zero-order chi connectivity index (χ0) is 13.5. The van der Waals surface area contributed by atoms with E-state index in [-0.39, 0.29) is 24.8 Å². The summed E-state index contributed by atoms with van der Waals surface area (Å²) >= 11 is 5.89. The second kappa shape index (κ2) is 4.28. The van der Waals surface area contributed by atoms with E-state index in [9.17, 15) is 9.59 Å². The van der Waals surface area contributed by atoms with Gasteiger partial charge >= 0.3 is 0 Å². The zero-order valence-electron chi connectivity index (χ0n) is 10.4. The molecule has 96 valence electrons. The number of carbonyl (C=O) groups is 2. The Kier molecular flexibility index (Phi) is 3.07. The number of nitrogens with two attached hydrogens (primary N) is 1. The molecule has 5 heteroatoms. The largest absolute Gasteiger partial charge is 0.398 e. The number of halogens is 1. The van der Waals surface area contributed by atoms with Gasteiger partial charge in [-0.25, -0.2) is 0 Å². The van der Waals surface area contributed by atoms with Crippen LogP contribution in [-0.4, -0.2) is 16.7 Å². The minimum absolute atomic E-state index is 0.160. The lowest BCUT2D eigenvalue weighted by Gasteiger charge is -2.18. The van der Waals surface area contributed by atoms with Crippen molar-refractivity contribution in [1.29, 1.82) is 0 Å². The fraction of sp³-hybridized carbons (Fsp3) is 0.385. The Bertz CT molecular complexity index is 526. The molecule has 1 heterocycles. The van der Waals surface area contributed by atoms with Crippen molar-refractivity contribution < 1.29 is 9.59 Å². The van der Waals surface area contributed by atoms with Crippen LogP contribution in [0, 0.1) is 5.41 Å². The minimum atomic E-state index is -0.621. The van der Waals surface area contributed by atoms with E-state index >= 15 is 0 Å². The molecule has 2 rings (SSSR count). The average molecular weight is 267 g/mol. The third kappa shape index (κ3) is 2.20. The van der Waals surface area contributed by atoms with E-state index < -0.39 is 5.41 Å². The Labute approximate surface area is 111 Å². The summed E-state index contributed by atoms with van der Waals surface area (Å²) in [6.45, 7) is 3.73. The van der Waals surface area contributed by atoms with Gasteiger partial charge < -0.3 is 5.73 Å². The van der Waals surface area contributed by atoms with Crippen LogP contribution in [0.3, 0.4) is 0 Å². The lowest BCUT2D eigenvalue weighted by Crippen LogP contribution is -2.32. The van der Waals surface area contributed by atoms with E-state index in [1.54, 1.807) is 32.0 Å². The molecule has 1 saturated heterocycles. The average Bonchev–Trinajstić information content (AvgIpc) is 2.46. The van der Waals surface area contributed by atoms with Gasteiger partial charge in [-0.2, -0.15) is 0 Å². The molecule has 0 spiro atoms. The molecule has 1 aliphatic rings. The van der Waals surface area contributed by atoms with E-state index in [2.05, 4.69) is 0 Å². The number of hydrogen-bond donors (Lipinski definition) is 1. The van der Waals surface area contributed by atoms with Crippen LogP contribution in [0.25, 0.3) is 0 Å². The first-order valence-corrected chi connectivity index (χ1v) is 6.08. The lowest BCUT2D eigenvalue weighted by atomic mass is 9.92. The van der Waals surface area contributed by atoms with Crippen molar-refractivity contribution in [3.63, 3.8) is 0 Å². The first-order chi connectivity index (χ1) is 8.31. The van der Waals surface area contributed by atoms with Crippen LogP contribution < -0.4 is 5.73 Å². The van der Waals surface area contributed by atoms with Gasteiger partial charge in [-0.05, 0) is 23.8 Å². The van der Waals surface area contributed by atoms with E-state index in [0.29, 0.717) is 16.3 Å². The van der Waals surface area contributed by atoms with Crippen LogP contribution >= 0.6 is 11.6 Å². The number of carbonyl (C=O) groups excluding carboxylic acids is 2. The number of imide groups is 1. The SMILES string of the molecule is CC1(C)CC(=O)N(Cc2cc(Cl)ccc2N)C1=O. The molecule has 1 aliphatic heterocycles. The summed E-state index contributed by atoms with van der Waals surface area (Å²) in [4.78, 5) is 25.2. The lowest BCUT2D eigenvalue weighted by molar-refractivity contribution is -0.141. The summed E-state index contributed by atoms with van der Waals surface area (Å²) in [6.07, 6.45) is 0.242. The summed E-state index contributed by atoms with van der Waals surface area (Å²) in [5, 5.41) is 0.539.